The molecule has 2 rings (SSSR count). The van der Waals surface area contributed by atoms with Crippen LogP contribution in [0, 0.1) is 0 Å². The molecule has 0 spiro atoms. The molecule has 1 aromatic carbocycles. The van der Waals surface area contributed by atoms with Crippen molar-refractivity contribution < 1.29 is 13.2 Å². The number of nitrogens with one attached hydrogen (secondary N) is 1. The van der Waals surface area contributed by atoms with Gasteiger partial charge in [0.05, 0.1) is 5.56 Å². The fourth-order valence-corrected chi connectivity index (χ4v) is 5.52. The summed E-state index contributed by atoms with van der Waals surface area (Å²) in [5.41, 5.74) is -0.169. The van der Waals surface area contributed by atoms with E-state index in [-0.39, 0.29) is 11.3 Å². The van der Waals surface area contributed by atoms with Crippen LogP contribution in [0.15, 0.2) is 24.3 Å². The molecular weight excluding hydrogens is 303 g/mol. The first-order chi connectivity index (χ1) is 9.45. The summed E-state index contributed by atoms with van der Waals surface area (Å²) in [6.45, 7) is 2.10. The van der Waals surface area contributed by atoms with Crippen LogP contribution in [0.4, 0.5) is 13.2 Å². The Kier molecular flexibility index (Phi) is 5.31. The number of thioether (sulfide) groups is 2. The van der Waals surface area contributed by atoms with Crippen molar-refractivity contribution in [3.05, 3.63) is 35.4 Å². The third-order valence-corrected chi connectivity index (χ3v) is 6.67. The minimum atomic E-state index is -4.30. The molecule has 1 aliphatic heterocycles. The standard InChI is InChI=1S/C14H18F3NS2/c1-9-13(20-8-7-19-9)12(18-2)10-5-3-4-6-11(10)14(15,16)17/h3-6,9,12-13,18H,7-8H2,1-2H3. The van der Waals surface area contributed by atoms with Gasteiger partial charge in [-0.1, -0.05) is 25.1 Å². The molecule has 1 N–H and O–H groups in total. The Morgan fingerprint density at radius 1 is 1.20 bits per heavy atom. The van der Waals surface area contributed by atoms with Gasteiger partial charge in [-0.05, 0) is 18.7 Å². The first-order valence-corrected chi connectivity index (χ1v) is 8.61. The largest absolute Gasteiger partial charge is 0.416 e. The number of halogens is 3. The smallest absolute Gasteiger partial charge is 0.312 e. The third kappa shape index (κ3) is 3.46. The molecule has 1 heterocycles. The van der Waals surface area contributed by atoms with Crippen LogP contribution in [0.2, 0.25) is 0 Å². The fourth-order valence-electron chi connectivity index (χ4n) is 2.54. The van der Waals surface area contributed by atoms with E-state index < -0.39 is 11.7 Å². The Morgan fingerprint density at radius 2 is 1.85 bits per heavy atom. The quantitative estimate of drug-likeness (QED) is 0.896. The van der Waals surface area contributed by atoms with E-state index in [4.69, 9.17) is 0 Å². The van der Waals surface area contributed by atoms with Crippen LogP contribution >= 0.6 is 23.5 Å². The van der Waals surface area contributed by atoms with Gasteiger partial charge in [0.15, 0.2) is 0 Å². The van der Waals surface area contributed by atoms with Crippen molar-refractivity contribution in [1.82, 2.24) is 5.32 Å². The molecular formula is C14H18F3NS2. The zero-order valence-corrected chi connectivity index (χ0v) is 13.0. The Labute approximate surface area is 126 Å². The zero-order valence-electron chi connectivity index (χ0n) is 11.4. The SMILES string of the molecule is CNC(c1ccccc1C(F)(F)F)C1SCCSC1C. The van der Waals surface area contributed by atoms with Crippen LogP contribution in [0.1, 0.15) is 24.1 Å². The molecule has 3 unspecified atom stereocenters. The maximum absolute atomic E-state index is 13.2. The molecule has 20 heavy (non-hydrogen) atoms. The van der Waals surface area contributed by atoms with E-state index in [1.807, 2.05) is 11.8 Å². The van der Waals surface area contributed by atoms with Crippen molar-refractivity contribution in [2.24, 2.45) is 0 Å². The van der Waals surface area contributed by atoms with Crippen LogP contribution in [-0.4, -0.2) is 29.1 Å². The van der Waals surface area contributed by atoms with Crippen LogP contribution in [0.5, 0.6) is 0 Å². The lowest BCUT2D eigenvalue weighted by molar-refractivity contribution is -0.138. The van der Waals surface area contributed by atoms with Gasteiger partial charge in [-0.2, -0.15) is 36.7 Å². The maximum Gasteiger partial charge on any atom is 0.416 e. The van der Waals surface area contributed by atoms with Crippen molar-refractivity contribution in [3.63, 3.8) is 0 Å². The predicted molar refractivity (Wildman–Crippen MR) is 81.4 cm³/mol. The number of hydrogen-bond donors (Lipinski definition) is 1. The van der Waals surface area contributed by atoms with Gasteiger partial charge in [0.2, 0.25) is 0 Å². The fraction of sp³-hybridized carbons (Fsp3) is 0.571. The highest BCUT2D eigenvalue weighted by Gasteiger charge is 2.38. The van der Waals surface area contributed by atoms with Crippen LogP contribution in [-0.2, 0) is 6.18 Å². The topological polar surface area (TPSA) is 12.0 Å². The molecule has 0 amide bonds. The first-order valence-electron chi connectivity index (χ1n) is 6.51. The summed E-state index contributed by atoms with van der Waals surface area (Å²) in [4.78, 5) is 0. The summed E-state index contributed by atoms with van der Waals surface area (Å²) in [5, 5.41) is 3.59. The Balaban J connectivity index is 2.37. The Bertz CT molecular complexity index is 450. The van der Waals surface area contributed by atoms with E-state index in [1.165, 1.54) is 12.1 Å². The Hall–Kier alpha value is -0.330. The van der Waals surface area contributed by atoms with Gasteiger partial charge in [0.25, 0.3) is 0 Å². The molecule has 1 aliphatic rings. The van der Waals surface area contributed by atoms with Gasteiger partial charge in [-0.15, -0.1) is 0 Å². The second-order valence-electron chi connectivity index (χ2n) is 4.76. The van der Waals surface area contributed by atoms with Crippen LogP contribution < -0.4 is 5.32 Å². The van der Waals surface area contributed by atoms with Crippen molar-refractivity contribution >= 4 is 23.5 Å². The molecule has 1 aromatic rings. The second kappa shape index (κ2) is 6.62. The lowest BCUT2D eigenvalue weighted by Gasteiger charge is -2.35. The molecule has 0 bridgehead atoms. The van der Waals surface area contributed by atoms with Crippen molar-refractivity contribution in [2.75, 3.05) is 18.6 Å². The molecule has 0 aliphatic carbocycles. The summed E-state index contributed by atoms with van der Waals surface area (Å²) in [6.07, 6.45) is -4.30. The van der Waals surface area contributed by atoms with Crippen molar-refractivity contribution in [3.8, 4) is 0 Å². The molecule has 112 valence electrons. The van der Waals surface area contributed by atoms with Crippen LogP contribution in [0.25, 0.3) is 0 Å². The van der Waals surface area contributed by atoms with Gasteiger partial charge in [0.1, 0.15) is 0 Å². The number of alkyl halides is 3. The normalized spacial score (nSPS) is 25.4. The van der Waals surface area contributed by atoms with E-state index in [0.29, 0.717) is 10.8 Å². The third-order valence-electron chi connectivity index (χ3n) is 3.48. The summed E-state index contributed by atoms with van der Waals surface area (Å²) in [5.74, 6) is 2.06. The van der Waals surface area contributed by atoms with Gasteiger partial charge >= 0.3 is 6.18 Å². The molecule has 6 heteroatoms. The summed E-state index contributed by atoms with van der Waals surface area (Å²) >= 11 is 3.60. The highest BCUT2D eigenvalue weighted by Crippen LogP contribution is 2.42. The van der Waals surface area contributed by atoms with E-state index in [9.17, 15) is 13.2 Å². The number of benzene rings is 1. The van der Waals surface area contributed by atoms with E-state index >= 15 is 0 Å². The van der Waals surface area contributed by atoms with Crippen molar-refractivity contribution in [2.45, 2.75) is 29.6 Å². The summed E-state index contributed by atoms with van der Waals surface area (Å²) < 4.78 is 39.5. The second-order valence-corrected chi connectivity index (χ2v) is 7.53. The van der Waals surface area contributed by atoms with Gasteiger partial charge in [-0.3, -0.25) is 0 Å². The average Bonchev–Trinajstić information content (AvgIpc) is 2.41. The summed E-state index contributed by atoms with van der Waals surface area (Å²) in [6, 6.07) is 5.62. The van der Waals surface area contributed by atoms with Gasteiger partial charge in [-0.25, -0.2) is 0 Å². The average molecular weight is 321 g/mol. The molecule has 1 nitrogen and oxygen atoms in total. The molecule has 1 saturated heterocycles. The molecule has 0 saturated carbocycles. The molecule has 0 aromatic heterocycles. The first kappa shape index (κ1) is 16.0. The van der Waals surface area contributed by atoms with E-state index in [0.717, 1.165) is 11.5 Å². The van der Waals surface area contributed by atoms with Crippen LogP contribution in [0.3, 0.4) is 0 Å². The predicted octanol–water partition coefficient (Wildman–Crippen LogP) is 4.20. The molecule has 3 atom stereocenters. The monoisotopic (exact) mass is 321 g/mol. The highest BCUT2D eigenvalue weighted by atomic mass is 32.2. The highest BCUT2D eigenvalue weighted by molar-refractivity contribution is 8.07. The number of hydrogen-bond acceptors (Lipinski definition) is 3. The van der Waals surface area contributed by atoms with Gasteiger partial charge < -0.3 is 5.32 Å². The molecule has 0 radical (unpaired) electrons. The molecule has 1 fully saturated rings. The van der Waals surface area contributed by atoms with Gasteiger partial charge in [0, 0.05) is 28.0 Å². The summed E-state index contributed by atoms with van der Waals surface area (Å²) in [7, 11) is 1.74. The lowest BCUT2D eigenvalue weighted by Crippen LogP contribution is -2.37. The van der Waals surface area contributed by atoms with E-state index in [2.05, 4.69) is 12.2 Å². The zero-order chi connectivity index (χ0) is 14.8. The Morgan fingerprint density at radius 3 is 2.45 bits per heavy atom. The minimum Gasteiger partial charge on any atom is -0.312 e. The van der Waals surface area contributed by atoms with Crippen molar-refractivity contribution in [1.29, 1.82) is 0 Å². The lowest BCUT2D eigenvalue weighted by atomic mass is 9.96. The minimum absolute atomic E-state index is 0.155. The van der Waals surface area contributed by atoms with E-state index in [1.54, 1.807) is 30.9 Å². The maximum atomic E-state index is 13.2. The number of rotatable bonds is 3.